The van der Waals surface area contributed by atoms with Crippen LogP contribution in [-0.4, -0.2) is 24.1 Å². The lowest BCUT2D eigenvalue weighted by Gasteiger charge is -2.35. The van der Waals surface area contributed by atoms with Gasteiger partial charge in [0.15, 0.2) is 0 Å². The number of nitrogens with two attached hydrogens (primary N) is 1. The molecule has 0 saturated carbocycles. The maximum Gasteiger partial charge on any atom is 0.146 e. The average Bonchev–Trinajstić information content (AvgIpc) is 2.28. The minimum atomic E-state index is -0.208. The van der Waals surface area contributed by atoms with Crippen LogP contribution in [0.1, 0.15) is 19.4 Å². The predicted octanol–water partition coefficient (Wildman–Crippen LogP) is 1.13. The Kier molecular flexibility index (Phi) is 3.28. The summed E-state index contributed by atoms with van der Waals surface area (Å²) in [5, 5.41) is 8.96. The number of pyridine rings is 1. The van der Waals surface area contributed by atoms with Crippen LogP contribution in [0.4, 0.5) is 5.82 Å². The summed E-state index contributed by atoms with van der Waals surface area (Å²) in [5.41, 5.74) is 6.05. The van der Waals surface area contributed by atoms with Crippen LogP contribution in [-0.2, 0) is 0 Å². The van der Waals surface area contributed by atoms with E-state index in [1.165, 1.54) is 0 Å². The van der Waals surface area contributed by atoms with Gasteiger partial charge in [-0.25, -0.2) is 4.98 Å². The lowest BCUT2D eigenvalue weighted by Crippen LogP contribution is -2.47. The number of rotatable bonds is 3. The molecular formula is C11H16N4. The first kappa shape index (κ1) is 11.5. The summed E-state index contributed by atoms with van der Waals surface area (Å²) in [6, 6.07) is 5.64. The highest BCUT2D eigenvalue weighted by molar-refractivity contribution is 5.54. The predicted molar refractivity (Wildman–Crippen MR) is 60.5 cm³/mol. The molecule has 0 aliphatic heterocycles. The van der Waals surface area contributed by atoms with Crippen molar-refractivity contribution in [1.29, 1.82) is 5.26 Å². The third-order valence-electron chi connectivity index (χ3n) is 2.63. The molecule has 2 N–H and O–H groups in total. The quantitative estimate of drug-likeness (QED) is 0.801. The standard InChI is InChI=1S/C11H16N4/c1-11(2,8-13)15(3)10-9(7-12)5-4-6-14-10/h4-6H,8,13H2,1-3H3. The van der Waals surface area contributed by atoms with E-state index < -0.39 is 0 Å². The van der Waals surface area contributed by atoms with E-state index in [1.54, 1.807) is 18.3 Å². The van der Waals surface area contributed by atoms with E-state index in [4.69, 9.17) is 11.0 Å². The largest absolute Gasteiger partial charge is 0.352 e. The number of anilines is 1. The zero-order valence-corrected chi connectivity index (χ0v) is 9.36. The lowest BCUT2D eigenvalue weighted by atomic mass is 10.0. The summed E-state index contributed by atoms with van der Waals surface area (Å²) in [6.07, 6.45) is 1.68. The number of aromatic nitrogens is 1. The highest BCUT2D eigenvalue weighted by Crippen LogP contribution is 2.22. The van der Waals surface area contributed by atoms with Gasteiger partial charge < -0.3 is 10.6 Å². The Labute approximate surface area is 90.3 Å². The van der Waals surface area contributed by atoms with Gasteiger partial charge in [-0.3, -0.25) is 0 Å². The van der Waals surface area contributed by atoms with E-state index in [1.807, 2.05) is 25.8 Å². The van der Waals surface area contributed by atoms with E-state index in [9.17, 15) is 0 Å². The molecule has 0 aliphatic rings. The summed E-state index contributed by atoms with van der Waals surface area (Å²) in [4.78, 5) is 6.15. The molecule has 0 saturated heterocycles. The van der Waals surface area contributed by atoms with Crippen molar-refractivity contribution in [3.8, 4) is 6.07 Å². The molecule has 0 aliphatic carbocycles. The Morgan fingerprint density at radius 3 is 2.80 bits per heavy atom. The Hall–Kier alpha value is -1.60. The van der Waals surface area contributed by atoms with Crippen molar-refractivity contribution in [1.82, 2.24) is 4.98 Å². The van der Waals surface area contributed by atoms with Crippen molar-refractivity contribution in [2.24, 2.45) is 5.73 Å². The fourth-order valence-electron chi connectivity index (χ4n) is 1.18. The van der Waals surface area contributed by atoms with Gasteiger partial charge in [-0.2, -0.15) is 5.26 Å². The molecular weight excluding hydrogens is 188 g/mol. The smallest absolute Gasteiger partial charge is 0.146 e. The molecule has 1 rings (SSSR count). The summed E-state index contributed by atoms with van der Waals surface area (Å²) >= 11 is 0. The molecule has 0 atom stereocenters. The van der Waals surface area contributed by atoms with Gasteiger partial charge in [-0.05, 0) is 26.0 Å². The van der Waals surface area contributed by atoms with Gasteiger partial charge in [-0.1, -0.05) is 0 Å². The van der Waals surface area contributed by atoms with E-state index >= 15 is 0 Å². The third kappa shape index (κ3) is 2.25. The van der Waals surface area contributed by atoms with Crippen LogP contribution in [0.15, 0.2) is 18.3 Å². The van der Waals surface area contributed by atoms with Crippen LogP contribution in [0.2, 0.25) is 0 Å². The molecule has 0 amide bonds. The molecule has 0 bridgehead atoms. The van der Waals surface area contributed by atoms with Gasteiger partial charge in [0.05, 0.1) is 5.56 Å². The zero-order chi connectivity index (χ0) is 11.5. The minimum Gasteiger partial charge on any atom is -0.352 e. The highest BCUT2D eigenvalue weighted by Gasteiger charge is 2.24. The minimum absolute atomic E-state index is 0.208. The molecule has 0 fully saturated rings. The van der Waals surface area contributed by atoms with Crippen LogP contribution in [0.3, 0.4) is 0 Å². The normalized spacial score (nSPS) is 10.9. The Morgan fingerprint density at radius 1 is 1.60 bits per heavy atom. The van der Waals surface area contributed by atoms with Gasteiger partial charge in [0.2, 0.25) is 0 Å². The van der Waals surface area contributed by atoms with Crippen molar-refractivity contribution in [3.63, 3.8) is 0 Å². The van der Waals surface area contributed by atoms with E-state index in [0.29, 0.717) is 17.9 Å². The molecule has 0 radical (unpaired) electrons. The molecule has 80 valence electrons. The van der Waals surface area contributed by atoms with E-state index in [2.05, 4.69) is 11.1 Å². The molecule has 1 heterocycles. The maximum atomic E-state index is 8.96. The molecule has 4 heteroatoms. The summed E-state index contributed by atoms with van der Waals surface area (Å²) in [5.74, 6) is 0.676. The Balaban J connectivity index is 3.12. The number of nitriles is 1. The molecule has 1 aromatic heterocycles. The second-order valence-corrected chi connectivity index (χ2v) is 4.06. The topological polar surface area (TPSA) is 65.9 Å². The molecule has 0 spiro atoms. The second kappa shape index (κ2) is 4.28. The lowest BCUT2D eigenvalue weighted by molar-refractivity contribution is 0.494. The number of hydrogen-bond acceptors (Lipinski definition) is 4. The summed E-state index contributed by atoms with van der Waals surface area (Å²) in [7, 11) is 1.90. The molecule has 4 nitrogen and oxygen atoms in total. The van der Waals surface area contributed by atoms with Gasteiger partial charge >= 0.3 is 0 Å². The van der Waals surface area contributed by atoms with Gasteiger partial charge in [0.25, 0.3) is 0 Å². The first-order chi connectivity index (χ1) is 7.03. The third-order valence-corrected chi connectivity index (χ3v) is 2.63. The first-order valence-corrected chi connectivity index (χ1v) is 4.82. The van der Waals surface area contributed by atoms with Crippen LogP contribution in [0.25, 0.3) is 0 Å². The van der Waals surface area contributed by atoms with E-state index in [-0.39, 0.29) is 5.54 Å². The zero-order valence-electron chi connectivity index (χ0n) is 9.36. The number of likely N-dealkylation sites (N-methyl/N-ethyl adjacent to an activating group) is 1. The van der Waals surface area contributed by atoms with Gasteiger partial charge in [0, 0.05) is 25.3 Å². The fourth-order valence-corrected chi connectivity index (χ4v) is 1.18. The molecule has 15 heavy (non-hydrogen) atoms. The van der Waals surface area contributed by atoms with Gasteiger partial charge in [-0.15, -0.1) is 0 Å². The van der Waals surface area contributed by atoms with Crippen LogP contribution >= 0.6 is 0 Å². The van der Waals surface area contributed by atoms with Crippen molar-refractivity contribution in [3.05, 3.63) is 23.9 Å². The van der Waals surface area contributed by atoms with Crippen molar-refractivity contribution in [2.45, 2.75) is 19.4 Å². The van der Waals surface area contributed by atoms with Gasteiger partial charge in [0.1, 0.15) is 11.9 Å². The Bertz CT molecular complexity index is 378. The van der Waals surface area contributed by atoms with Crippen LogP contribution in [0, 0.1) is 11.3 Å². The maximum absolute atomic E-state index is 8.96. The van der Waals surface area contributed by atoms with Crippen molar-refractivity contribution >= 4 is 5.82 Å². The number of hydrogen-bond donors (Lipinski definition) is 1. The fraction of sp³-hybridized carbons (Fsp3) is 0.455. The van der Waals surface area contributed by atoms with Crippen molar-refractivity contribution in [2.75, 3.05) is 18.5 Å². The van der Waals surface area contributed by atoms with E-state index in [0.717, 1.165) is 0 Å². The second-order valence-electron chi connectivity index (χ2n) is 4.06. The first-order valence-electron chi connectivity index (χ1n) is 4.82. The summed E-state index contributed by atoms with van der Waals surface area (Å²) in [6.45, 7) is 4.54. The van der Waals surface area contributed by atoms with Crippen LogP contribution < -0.4 is 10.6 Å². The molecule has 0 aromatic carbocycles. The van der Waals surface area contributed by atoms with Crippen LogP contribution in [0.5, 0.6) is 0 Å². The highest BCUT2D eigenvalue weighted by atomic mass is 15.2. The summed E-state index contributed by atoms with van der Waals surface area (Å²) < 4.78 is 0. The Morgan fingerprint density at radius 2 is 2.27 bits per heavy atom. The SMILES string of the molecule is CN(c1ncccc1C#N)C(C)(C)CN. The average molecular weight is 204 g/mol. The monoisotopic (exact) mass is 204 g/mol. The number of nitrogens with zero attached hydrogens (tertiary/aromatic N) is 3. The molecule has 0 unspecified atom stereocenters. The molecule has 1 aromatic rings. The van der Waals surface area contributed by atoms with Crippen molar-refractivity contribution < 1.29 is 0 Å².